The highest BCUT2D eigenvalue weighted by atomic mass is 16.4. The number of carboxylic acids is 1. The van der Waals surface area contributed by atoms with Gasteiger partial charge in [-0.3, -0.25) is 4.79 Å². The third kappa shape index (κ3) is 1.14. The van der Waals surface area contributed by atoms with Gasteiger partial charge in [0.15, 0.2) is 0 Å². The predicted octanol–water partition coefficient (Wildman–Crippen LogP) is -0.331. The molecule has 0 aromatic rings. The van der Waals surface area contributed by atoms with E-state index in [9.17, 15) is 9.59 Å². The van der Waals surface area contributed by atoms with Crippen molar-refractivity contribution in [1.82, 2.24) is 5.43 Å². The number of carbonyl (C=O) groups excluding carboxylic acids is 1. The Morgan fingerprint density at radius 2 is 2.31 bits per heavy atom. The van der Waals surface area contributed by atoms with E-state index in [0.717, 1.165) is 0 Å². The summed E-state index contributed by atoms with van der Waals surface area (Å²) in [4.78, 5) is 21.6. The summed E-state index contributed by atoms with van der Waals surface area (Å²) >= 11 is 0. The molecule has 1 unspecified atom stereocenters. The summed E-state index contributed by atoms with van der Waals surface area (Å²) in [5.74, 6) is -1.84. The number of carbonyl (C=O) groups is 2. The zero-order valence-corrected chi connectivity index (χ0v) is 6.52. The Morgan fingerprint density at radius 1 is 1.54 bits per heavy atom. The molecule has 1 aliphatic carbocycles. The normalized spacial score (nSPS) is 24.6. The number of hydrazone groups is 1. The van der Waals surface area contributed by atoms with E-state index in [1.54, 1.807) is 0 Å². The van der Waals surface area contributed by atoms with Crippen LogP contribution in [0.25, 0.3) is 0 Å². The minimum absolute atomic E-state index is 0.126. The smallest absolute Gasteiger partial charge is 0.335 e. The molecular formula is C8H6N2O3. The van der Waals surface area contributed by atoms with Gasteiger partial charge in [-0.2, -0.15) is 5.10 Å². The number of fused-ring (bicyclic) bond motifs is 1. The van der Waals surface area contributed by atoms with E-state index in [4.69, 9.17) is 5.11 Å². The predicted molar refractivity (Wildman–Crippen MR) is 43.9 cm³/mol. The number of aliphatic carboxylic acids is 1. The summed E-state index contributed by atoms with van der Waals surface area (Å²) in [6.07, 6.45) is 4.35. The van der Waals surface area contributed by atoms with Gasteiger partial charge in [-0.25, -0.2) is 10.2 Å². The second-order valence-corrected chi connectivity index (χ2v) is 2.75. The van der Waals surface area contributed by atoms with Crippen molar-refractivity contribution in [1.29, 1.82) is 0 Å². The minimum Gasteiger partial charge on any atom is -0.478 e. The van der Waals surface area contributed by atoms with E-state index >= 15 is 0 Å². The van der Waals surface area contributed by atoms with Crippen LogP contribution in [-0.4, -0.2) is 22.7 Å². The zero-order chi connectivity index (χ0) is 9.42. The van der Waals surface area contributed by atoms with Crippen molar-refractivity contribution in [2.45, 2.75) is 0 Å². The molecule has 2 rings (SSSR count). The summed E-state index contributed by atoms with van der Waals surface area (Å²) in [6, 6.07) is 0. The van der Waals surface area contributed by atoms with Crippen molar-refractivity contribution in [2.75, 3.05) is 0 Å². The van der Waals surface area contributed by atoms with Crippen LogP contribution in [0.3, 0.4) is 0 Å². The van der Waals surface area contributed by atoms with Gasteiger partial charge in [0.2, 0.25) is 0 Å². The van der Waals surface area contributed by atoms with Crippen molar-refractivity contribution in [2.24, 2.45) is 11.0 Å². The van der Waals surface area contributed by atoms with Crippen LogP contribution in [0, 0.1) is 5.92 Å². The average Bonchev–Trinajstić information content (AvgIpc) is 2.47. The summed E-state index contributed by atoms with van der Waals surface area (Å²) in [5, 5.41) is 12.4. The van der Waals surface area contributed by atoms with Gasteiger partial charge in [0.1, 0.15) is 5.92 Å². The Hall–Kier alpha value is -1.91. The molecule has 0 radical (unpaired) electrons. The largest absolute Gasteiger partial charge is 0.478 e. The molecular weight excluding hydrogens is 172 g/mol. The Bertz CT molecular complexity index is 379. The van der Waals surface area contributed by atoms with E-state index in [1.165, 1.54) is 18.2 Å². The van der Waals surface area contributed by atoms with E-state index in [0.29, 0.717) is 5.71 Å². The van der Waals surface area contributed by atoms with Crippen molar-refractivity contribution < 1.29 is 14.7 Å². The number of carboxylic acid groups (broad SMARTS) is 1. The first-order valence-electron chi connectivity index (χ1n) is 3.69. The van der Waals surface area contributed by atoms with E-state index in [1.807, 2.05) is 0 Å². The molecule has 1 amide bonds. The number of nitrogens with zero attached hydrogens (tertiary/aromatic N) is 1. The summed E-state index contributed by atoms with van der Waals surface area (Å²) in [7, 11) is 0. The number of allylic oxidation sites excluding steroid dienone is 1. The van der Waals surface area contributed by atoms with Gasteiger partial charge in [-0.05, 0) is 12.2 Å². The molecule has 0 bridgehead atoms. The van der Waals surface area contributed by atoms with E-state index < -0.39 is 11.9 Å². The summed E-state index contributed by atoms with van der Waals surface area (Å²) in [5.41, 5.74) is 2.97. The van der Waals surface area contributed by atoms with Crippen LogP contribution in [0.5, 0.6) is 0 Å². The van der Waals surface area contributed by atoms with Crippen LogP contribution in [-0.2, 0) is 9.59 Å². The Morgan fingerprint density at radius 3 is 3.00 bits per heavy atom. The fourth-order valence-electron chi connectivity index (χ4n) is 1.25. The fourth-order valence-corrected chi connectivity index (χ4v) is 1.25. The summed E-state index contributed by atoms with van der Waals surface area (Å²) in [6.45, 7) is 0. The Labute approximate surface area is 73.4 Å². The topological polar surface area (TPSA) is 78.8 Å². The first-order chi connectivity index (χ1) is 6.18. The maximum Gasteiger partial charge on any atom is 0.335 e. The average molecular weight is 178 g/mol. The number of rotatable bonds is 1. The second-order valence-electron chi connectivity index (χ2n) is 2.75. The van der Waals surface area contributed by atoms with Gasteiger partial charge in [0, 0.05) is 0 Å². The van der Waals surface area contributed by atoms with Crippen molar-refractivity contribution in [3.63, 3.8) is 0 Å². The molecule has 1 heterocycles. The highest BCUT2D eigenvalue weighted by molar-refractivity contribution is 6.17. The molecule has 0 saturated heterocycles. The van der Waals surface area contributed by atoms with E-state index in [2.05, 4.69) is 10.5 Å². The molecule has 2 aliphatic rings. The van der Waals surface area contributed by atoms with Crippen molar-refractivity contribution in [3.8, 4) is 0 Å². The van der Waals surface area contributed by atoms with Gasteiger partial charge < -0.3 is 5.11 Å². The molecule has 0 fully saturated rings. The molecule has 13 heavy (non-hydrogen) atoms. The SMILES string of the molecule is O=C(O)C1=CC2C(=O)NN=C2C=C1. The van der Waals surface area contributed by atoms with Crippen LogP contribution in [0.1, 0.15) is 0 Å². The van der Waals surface area contributed by atoms with Crippen LogP contribution < -0.4 is 5.43 Å². The molecule has 2 N–H and O–H groups in total. The van der Waals surface area contributed by atoms with Gasteiger partial charge in [0.05, 0.1) is 11.3 Å². The maximum atomic E-state index is 11.1. The number of nitrogens with one attached hydrogen (secondary N) is 1. The van der Waals surface area contributed by atoms with Crippen molar-refractivity contribution >= 4 is 17.6 Å². The first kappa shape index (κ1) is 7.72. The van der Waals surface area contributed by atoms with Crippen molar-refractivity contribution in [3.05, 3.63) is 23.8 Å². The lowest BCUT2D eigenvalue weighted by molar-refractivity contribution is -0.132. The fraction of sp³-hybridized carbons (Fsp3) is 0.125. The molecule has 5 heteroatoms. The highest BCUT2D eigenvalue weighted by Crippen LogP contribution is 2.18. The van der Waals surface area contributed by atoms with E-state index in [-0.39, 0.29) is 11.5 Å². The van der Waals surface area contributed by atoms with Crippen LogP contribution in [0.2, 0.25) is 0 Å². The maximum absolute atomic E-state index is 11.1. The lowest BCUT2D eigenvalue weighted by Gasteiger charge is -2.07. The third-order valence-electron chi connectivity index (χ3n) is 1.92. The molecule has 1 aliphatic heterocycles. The minimum atomic E-state index is -1.03. The van der Waals surface area contributed by atoms with Gasteiger partial charge in [-0.15, -0.1) is 0 Å². The monoisotopic (exact) mass is 178 g/mol. The van der Waals surface area contributed by atoms with Gasteiger partial charge >= 0.3 is 5.97 Å². The number of hydrogen-bond donors (Lipinski definition) is 2. The van der Waals surface area contributed by atoms with Crippen LogP contribution in [0.4, 0.5) is 0 Å². The van der Waals surface area contributed by atoms with Gasteiger partial charge in [-0.1, -0.05) is 6.08 Å². The standard InChI is InChI=1S/C8H6N2O3/c11-7-5-3-4(8(12)13)1-2-6(5)9-10-7/h1-3,5H,(H,10,11)(H,12,13). The molecule has 5 nitrogen and oxygen atoms in total. The molecule has 0 saturated carbocycles. The van der Waals surface area contributed by atoms with Crippen LogP contribution >= 0.6 is 0 Å². The molecule has 0 spiro atoms. The molecule has 66 valence electrons. The quantitative estimate of drug-likeness (QED) is 0.577. The Kier molecular flexibility index (Phi) is 1.51. The molecule has 0 aromatic carbocycles. The second kappa shape index (κ2) is 2.55. The lowest BCUT2D eigenvalue weighted by Crippen LogP contribution is -2.23. The number of amides is 1. The highest BCUT2D eigenvalue weighted by Gasteiger charge is 2.29. The van der Waals surface area contributed by atoms with Crippen LogP contribution in [0.15, 0.2) is 28.9 Å². The first-order valence-corrected chi connectivity index (χ1v) is 3.69. The third-order valence-corrected chi connectivity index (χ3v) is 1.92. The molecule has 1 atom stereocenters. The summed E-state index contributed by atoms with van der Waals surface area (Å²) < 4.78 is 0. The zero-order valence-electron chi connectivity index (χ0n) is 6.52. The lowest BCUT2D eigenvalue weighted by atomic mass is 9.95. The molecule has 0 aromatic heterocycles. The number of hydrogen-bond acceptors (Lipinski definition) is 3. The van der Waals surface area contributed by atoms with Gasteiger partial charge in [0.25, 0.3) is 5.91 Å². The Balaban J connectivity index is 2.36.